The van der Waals surface area contributed by atoms with E-state index < -0.39 is 0 Å². The van der Waals surface area contributed by atoms with E-state index in [1.54, 1.807) is 6.20 Å². The molecule has 1 aromatic carbocycles. The standard InChI is InChI=1S/C18H23N5/c1-4-10-22(5-2)15-8-6-7-14(12-15)16-13-21-18-17(19-3)20-9-11-23(16)18/h6-9,11-13H,4-5,10H2,1-3H3,(H,19,20). The van der Waals surface area contributed by atoms with Gasteiger partial charge in [0.05, 0.1) is 11.9 Å². The van der Waals surface area contributed by atoms with Crippen LogP contribution in [-0.4, -0.2) is 34.5 Å². The zero-order chi connectivity index (χ0) is 16.2. The van der Waals surface area contributed by atoms with Crippen LogP contribution >= 0.6 is 0 Å². The van der Waals surface area contributed by atoms with E-state index in [4.69, 9.17) is 0 Å². The monoisotopic (exact) mass is 309 g/mol. The van der Waals surface area contributed by atoms with Crippen LogP contribution in [0.5, 0.6) is 0 Å². The molecular formula is C18H23N5. The van der Waals surface area contributed by atoms with Gasteiger partial charge in [-0.1, -0.05) is 19.1 Å². The lowest BCUT2D eigenvalue weighted by molar-refractivity contribution is 0.792. The van der Waals surface area contributed by atoms with Gasteiger partial charge in [-0.25, -0.2) is 9.97 Å². The summed E-state index contributed by atoms with van der Waals surface area (Å²) in [7, 11) is 1.86. The van der Waals surface area contributed by atoms with Crippen molar-refractivity contribution in [3.63, 3.8) is 0 Å². The molecule has 0 aliphatic carbocycles. The maximum atomic E-state index is 4.52. The highest BCUT2D eigenvalue weighted by atomic mass is 15.1. The Morgan fingerprint density at radius 3 is 2.83 bits per heavy atom. The molecule has 0 amide bonds. The number of rotatable bonds is 6. The average molecular weight is 309 g/mol. The number of imidazole rings is 1. The molecule has 0 spiro atoms. The van der Waals surface area contributed by atoms with Crippen molar-refractivity contribution in [1.29, 1.82) is 0 Å². The van der Waals surface area contributed by atoms with E-state index in [-0.39, 0.29) is 0 Å². The summed E-state index contributed by atoms with van der Waals surface area (Å²) in [5, 5.41) is 3.09. The molecule has 0 fully saturated rings. The third kappa shape index (κ3) is 2.86. The number of fused-ring (bicyclic) bond motifs is 1. The largest absolute Gasteiger partial charge is 0.372 e. The minimum atomic E-state index is 0.788. The predicted octanol–water partition coefficient (Wildman–Crippen LogP) is 3.67. The topological polar surface area (TPSA) is 45.5 Å². The van der Waals surface area contributed by atoms with Gasteiger partial charge in [0.15, 0.2) is 11.5 Å². The smallest absolute Gasteiger partial charge is 0.180 e. The summed E-state index contributed by atoms with van der Waals surface area (Å²) in [4.78, 5) is 11.2. The van der Waals surface area contributed by atoms with Gasteiger partial charge in [-0.15, -0.1) is 0 Å². The first kappa shape index (κ1) is 15.3. The SMILES string of the molecule is CCCN(CC)c1cccc(-c2cnc3c(NC)nccn23)c1. The molecule has 120 valence electrons. The Morgan fingerprint density at radius 1 is 1.22 bits per heavy atom. The summed E-state index contributed by atoms with van der Waals surface area (Å²) >= 11 is 0. The van der Waals surface area contributed by atoms with E-state index in [1.165, 1.54) is 5.69 Å². The second-order valence-corrected chi connectivity index (χ2v) is 5.49. The molecule has 0 aliphatic heterocycles. The summed E-state index contributed by atoms with van der Waals surface area (Å²) < 4.78 is 2.08. The Balaban J connectivity index is 2.06. The predicted molar refractivity (Wildman–Crippen MR) is 96.1 cm³/mol. The van der Waals surface area contributed by atoms with Gasteiger partial charge in [0, 0.05) is 43.8 Å². The van der Waals surface area contributed by atoms with E-state index >= 15 is 0 Å². The number of nitrogens with zero attached hydrogens (tertiary/aromatic N) is 4. The molecule has 0 saturated carbocycles. The van der Waals surface area contributed by atoms with Crippen molar-refractivity contribution >= 4 is 17.2 Å². The van der Waals surface area contributed by atoms with E-state index in [0.717, 1.165) is 42.2 Å². The summed E-state index contributed by atoms with van der Waals surface area (Å²) in [5.41, 5.74) is 4.34. The maximum Gasteiger partial charge on any atom is 0.180 e. The third-order valence-corrected chi connectivity index (χ3v) is 4.05. The van der Waals surface area contributed by atoms with Crippen molar-refractivity contribution in [3.05, 3.63) is 42.9 Å². The van der Waals surface area contributed by atoms with Gasteiger partial charge in [0.2, 0.25) is 0 Å². The van der Waals surface area contributed by atoms with E-state index in [0.29, 0.717) is 0 Å². The van der Waals surface area contributed by atoms with Crippen LogP contribution in [0.15, 0.2) is 42.9 Å². The summed E-state index contributed by atoms with van der Waals surface area (Å²) in [6.07, 6.45) is 6.80. The average Bonchev–Trinajstić information content (AvgIpc) is 3.04. The molecule has 2 heterocycles. The molecule has 3 aromatic rings. The Kier molecular flexibility index (Phi) is 4.46. The molecule has 2 aromatic heterocycles. The highest BCUT2D eigenvalue weighted by Crippen LogP contribution is 2.27. The van der Waals surface area contributed by atoms with Crippen LogP contribution < -0.4 is 10.2 Å². The molecule has 0 unspecified atom stereocenters. The van der Waals surface area contributed by atoms with E-state index in [2.05, 4.69) is 62.7 Å². The number of nitrogens with one attached hydrogen (secondary N) is 1. The molecular weight excluding hydrogens is 286 g/mol. The summed E-state index contributed by atoms with van der Waals surface area (Å²) in [6.45, 7) is 6.49. The summed E-state index contributed by atoms with van der Waals surface area (Å²) in [5.74, 6) is 0.788. The second kappa shape index (κ2) is 6.69. The van der Waals surface area contributed by atoms with Gasteiger partial charge in [-0.05, 0) is 25.5 Å². The van der Waals surface area contributed by atoms with Crippen LogP contribution in [0.4, 0.5) is 11.5 Å². The minimum absolute atomic E-state index is 0.788. The normalized spacial score (nSPS) is 10.9. The molecule has 5 nitrogen and oxygen atoms in total. The van der Waals surface area contributed by atoms with Gasteiger partial charge in [-0.3, -0.25) is 4.40 Å². The van der Waals surface area contributed by atoms with Crippen LogP contribution in [0.1, 0.15) is 20.3 Å². The number of benzene rings is 1. The van der Waals surface area contributed by atoms with Gasteiger partial charge >= 0.3 is 0 Å². The third-order valence-electron chi connectivity index (χ3n) is 4.05. The molecule has 5 heteroatoms. The zero-order valence-corrected chi connectivity index (χ0v) is 14.0. The first-order valence-corrected chi connectivity index (χ1v) is 8.13. The van der Waals surface area contributed by atoms with E-state index in [9.17, 15) is 0 Å². The lowest BCUT2D eigenvalue weighted by Crippen LogP contribution is -2.23. The van der Waals surface area contributed by atoms with Crippen molar-refractivity contribution in [3.8, 4) is 11.3 Å². The molecule has 3 rings (SSSR count). The molecule has 0 aliphatic rings. The number of hydrogen-bond donors (Lipinski definition) is 1. The highest BCUT2D eigenvalue weighted by molar-refractivity contribution is 5.72. The van der Waals surface area contributed by atoms with Crippen LogP contribution in [-0.2, 0) is 0 Å². The molecule has 0 atom stereocenters. The number of anilines is 2. The zero-order valence-electron chi connectivity index (χ0n) is 14.0. The fourth-order valence-corrected chi connectivity index (χ4v) is 2.91. The lowest BCUT2D eigenvalue weighted by Gasteiger charge is -2.23. The molecule has 0 radical (unpaired) electrons. The first-order valence-electron chi connectivity index (χ1n) is 8.13. The Bertz CT molecular complexity index is 793. The Labute approximate surface area is 137 Å². The van der Waals surface area contributed by atoms with Crippen molar-refractivity contribution < 1.29 is 0 Å². The van der Waals surface area contributed by atoms with Gasteiger partial charge < -0.3 is 10.2 Å². The van der Waals surface area contributed by atoms with Crippen LogP contribution in [0, 0.1) is 0 Å². The van der Waals surface area contributed by atoms with Gasteiger partial charge in [0.25, 0.3) is 0 Å². The van der Waals surface area contributed by atoms with Crippen molar-refractivity contribution in [2.75, 3.05) is 30.4 Å². The Hall–Kier alpha value is -2.56. The van der Waals surface area contributed by atoms with Gasteiger partial charge in [-0.2, -0.15) is 0 Å². The lowest BCUT2D eigenvalue weighted by atomic mass is 10.1. The molecule has 1 N–H and O–H groups in total. The highest BCUT2D eigenvalue weighted by Gasteiger charge is 2.11. The number of hydrogen-bond acceptors (Lipinski definition) is 4. The fourth-order valence-electron chi connectivity index (χ4n) is 2.91. The summed E-state index contributed by atoms with van der Waals surface area (Å²) in [6, 6.07) is 8.66. The molecule has 0 bridgehead atoms. The second-order valence-electron chi connectivity index (χ2n) is 5.49. The number of aromatic nitrogens is 3. The fraction of sp³-hybridized carbons (Fsp3) is 0.333. The molecule has 0 saturated heterocycles. The van der Waals surface area contributed by atoms with Gasteiger partial charge in [0.1, 0.15) is 0 Å². The molecule has 23 heavy (non-hydrogen) atoms. The van der Waals surface area contributed by atoms with Crippen molar-refractivity contribution in [2.45, 2.75) is 20.3 Å². The van der Waals surface area contributed by atoms with Crippen LogP contribution in [0.25, 0.3) is 16.9 Å². The maximum absolute atomic E-state index is 4.52. The first-order chi connectivity index (χ1) is 11.3. The minimum Gasteiger partial charge on any atom is -0.372 e. The van der Waals surface area contributed by atoms with E-state index in [1.807, 2.05) is 19.4 Å². The van der Waals surface area contributed by atoms with Crippen LogP contribution in [0.3, 0.4) is 0 Å². The van der Waals surface area contributed by atoms with Crippen molar-refractivity contribution in [2.24, 2.45) is 0 Å². The quantitative estimate of drug-likeness (QED) is 0.754. The van der Waals surface area contributed by atoms with Crippen LogP contribution in [0.2, 0.25) is 0 Å². The Morgan fingerprint density at radius 2 is 2.09 bits per heavy atom. The van der Waals surface area contributed by atoms with Crippen molar-refractivity contribution in [1.82, 2.24) is 14.4 Å².